The van der Waals surface area contributed by atoms with Gasteiger partial charge in [-0.15, -0.1) is 0 Å². The summed E-state index contributed by atoms with van der Waals surface area (Å²) in [5, 5.41) is 4.82. The van der Waals surface area contributed by atoms with Crippen LogP contribution in [0.25, 0.3) is 10.9 Å². The molecule has 4 heteroatoms. The van der Waals surface area contributed by atoms with Crippen molar-refractivity contribution in [3.63, 3.8) is 0 Å². The van der Waals surface area contributed by atoms with Crippen molar-refractivity contribution in [3.8, 4) is 0 Å². The third-order valence-corrected chi connectivity index (χ3v) is 6.36. The van der Waals surface area contributed by atoms with Gasteiger partial charge in [0.2, 0.25) is 0 Å². The number of ether oxygens (including phenoxy) is 1. The highest BCUT2D eigenvalue weighted by Gasteiger charge is 2.38. The molecule has 4 aromatic rings. The van der Waals surface area contributed by atoms with Gasteiger partial charge in [-0.3, -0.25) is 10.1 Å². The van der Waals surface area contributed by atoms with Gasteiger partial charge in [0.15, 0.2) is 0 Å². The van der Waals surface area contributed by atoms with E-state index in [-0.39, 0.29) is 24.0 Å². The molecule has 1 aliphatic heterocycles. The van der Waals surface area contributed by atoms with Crippen LogP contribution in [0.3, 0.4) is 0 Å². The topological polar surface area (TPSA) is 54.1 Å². The molecule has 2 N–H and O–H groups in total. The average Bonchev–Trinajstić information content (AvgIpc) is 3.21. The Bertz CT molecular complexity index is 1180. The molecule has 0 spiro atoms. The minimum Gasteiger partial charge on any atom is -0.468 e. The Morgan fingerprint density at radius 1 is 0.968 bits per heavy atom. The first kappa shape index (κ1) is 19.6. The summed E-state index contributed by atoms with van der Waals surface area (Å²) in [6.07, 6.45) is 1.49. The molecular formula is C27H26N2O2. The third-order valence-electron chi connectivity index (χ3n) is 6.36. The summed E-state index contributed by atoms with van der Waals surface area (Å²) < 4.78 is 5.13. The molecule has 0 amide bonds. The van der Waals surface area contributed by atoms with Gasteiger partial charge in [0, 0.05) is 28.9 Å². The minimum absolute atomic E-state index is 0.0390. The van der Waals surface area contributed by atoms with Gasteiger partial charge in [-0.25, -0.2) is 0 Å². The zero-order valence-electron chi connectivity index (χ0n) is 17.5. The first-order valence-corrected chi connectivity index (χ1v) is 10.8. The van der Waals surface area contributed by atoms with E-state index in [4.69, 9.17) is 4.74 Å². The third kappa shape index (κ3) is 3.75. The van der Waals surface area contributed by atoms with Crippen LogP contribution < -0.4 is 5.32 Å². The zero-order valence-corrected chi connectivity index (χ0v) is 17.5. The normalized spacial score (nSPS) is 19.0. The molecule has 31 heavy (non-hydrogen) atoms. The van der Waals surface area contributed by atoms with Crippen LogP contribution in [0.4, 0.5) is 0 Å². The van der Waals surface area contributed by atoms with Crippen LogP contribution in [0, 0.1) is 0 Å². The maximum absolute atomic E-state index is 12.6. The molecule has 2 heterocycles. The number of fused-ring (bicyclic) bond motifs is 3. The summed E-state index contributed by atoms with van der Waals surface area (Å²) in [5.41, 5.74) is 6.01. The number of rotatable bonds is 5. The van der Waals surface area contributed by atoms with E-state index in [9.17, 15) is 4.79 Å². The van der Waals surface area contributed by atoms with Crippen molar-refractivity contribution in [2.45, 2.75) is 30.8 Å². The van der Waals surface area contributed by atoms with Crippen LogP contribution in [0.1, 0.15) is 34.3 Å². The number of para-hydroxylation sites is 1. The van der Waals surface area contributed by atoms with Gasteiger partial charge in [0.25, 0.3) is 0 Å². The fourth-order valence-corrected chi connectivity index (χ4v) is 4.88. The second kappa shape index (κ2) is 8.40. The number of nitrogens with one attached hydrogen (secondary N) is 2. The predicted molar refractivity (Wildman–Crippen MR) is 123 cm³/mol. The van der Waals surface area contributed by atoms with E-state index >= 15 is 0 Å². The van der Waals surface area contributed by atoms with Crippen LogP contribution in [-0.4, -0.2) is 24.1 Å². The van der Waals surface area contributed by atoms with Gasteiger partial charge >= 0.3 is 5.97 Å². The quantitative estimate of drug-likeness (QED) is 0.459. The van der Waals surface area contributed by atoms with Crippen LogP contribution in [0.5, 0.6) is 0 Å². The van der Waals surface area contributed by atoms with Crippen molar-refractivity contribution in [2.75, 3.05) is 7.11 Å². The van der Waals surface area contributed by atoms with Gasteiger partial charge in [-0.1, -0.05) is 78.9 Å². The number of aromatic nitrogens is 1. The lowest BCUT2D eigenvalue weighted by atomic mass is 9.80. The summed E-state index contributed by atoms with van der Waals surface area (Å²) in [4.78, 5) is 16.3. The summed E-state index contributed by atoms with van der Waals surface area (Å²) in [7, 11) is 1.46. The lowest BCUT2D eigenvalue weighted by Crippen LogP contribution is -2.47. The zero-order chi connectivity index (χ0) is 21.2. The number of carbonyl (C=O) groups excluding carboxylic acids is 1. The number of benzene rings is 3. The molecule has 4 nitrogen and oxygen atoms in total. The van der Waals surface area contributed by atoms with E-state index in [0.29, 0.717) is 6.42 Å². The smallest absolute Gasteiger partial charge is 0.323 e. The number of H-pyrrole nitrogens is 1. The number of hydrogen-bond donors (Lipinski definition) is 2. The molecular weight excluding hydrogens is 384 g/mol. The lowest BCUT2D eigenvalue weighted by Gasteiger charge is -2.35. The van der Waals surface area contributed by atoms with E-state index in [1.54, 1.807) is 0 Å². The molecule has 1 unspecified atom stereocenters. The second-order valence-corrected chi connectivity index (χ2v) is 8.19. The van der Waals surface area contributed by atoms with Crippen LogP contribution >= 0.6 is 0 Å². The fourth-order valence-electron chi connectivity index (χ4n) is 4.88. The molecule has 0 radical (unpaired) electrons. The van der Waals surface area contributed by atoms with Crippen molar-refractivity contribution in [1.29, 1.82) is 0 Å². The molecule has 5 rings (SSSR count). The minimum atomic E-state index is -0.372. The van der Waals surface area contributed by atoms with E-state index in [1.165, 1.54) is 34.9 Å². The maximum Gasteiger partial charge on any atom is 0.323 e. The molecule has 156 valence electrons. The van der Waals surface area contributed by atoms with Gasteiger partial charge < -0.3 is 9.72 Å². The Morgan fingerprint density at radius 3 is 2.39 bits per heavy atom. The highest BCUT2D eigenvalue weighted by molar-refractivity contribution is 5.87. The number of aromatic amines is 1. The maximum atomic E-state index is 12.6. The van der Waals surface area contributed by atoms with E-state index in [1.807, 2.05) is 18.2 Å². The standard InChI is InChI=1S/C27H26N2O2/c1-31-27(30)24-17-22-20-14-8-9-15-23(20)28-26(22)25(29-24)21(19-12-6-3-7-13-19)16-18-10-4-2-5-11-18/h2-15,21,24-25,28-29H,16-17H2,1H3/t21?,24-,25+/m0/s1. The molecule has 0 bridgehead atoms. The fraction of sp³-hybridized carbons (Fsp3) is 0.222. The van der Waals surface area contributed by atoms with Crippen molar-refractivity contribution in [1.82, 2.24) is 10.3 Å². The summed E-state index contributed by atoms with van der Waals surface area (Å²) in [6, 6.07) is 29.0. The Hall–Kier alpha value is -3.37. The lowest BCUT2D eigenvalue weighted by molar-refractivity contribution is -0.143. The molecule has 3 aromatic carbocycles. The average molecular weight is 411 g/mol. The van der Waals surface area contributed by atoms with Gasteiger partial charge in [0.1, 0.15) is 6.04 Å². The van der Waals surface area contributed by atoms with E-state index in [2.05, 4.69) is 77.0 Å². The van der Waals surface area contributed by atoms with E-state index in [0.717, 1.165) is 11.9 Å². The molecule has 1 aliphatic rings. The molecule has 0 saturated heterocycles. The van der Waals surface area contributed by atoms with Crippen molar-refractivity contribution in [2.24, 2.45) is 0 Å². The van der Waals surface area contributed by atoms with Crippen LogP contribution in [0.2, 0.25) is 0 Å². The molecule has 1 aromatic heterocycles. The molecule has 3 atom stereocenters. The van der Waals surface area contributed by atoms with Gasteiger partial charge in [-0.2, -0.15) is 0 Å². The summed E-state index contributed by atoms with van der Waals surface area (Å²) >= 11 is 0. The Balaban J connectivity index is 1.64. The van der Waals surface area contributed by atoms with Crippen molar-refractivity contribution < 1.29 is 9.53 Å². The number of carbonyl (C=O) groups is 1. The number of esters is 1. The van der Waals surface area contributed by atoms with Crippen molar-refractivity contribution in [3.05, 3.63) is 107 Å². The highest BCUT2D eigenvalue weighted by atomic mass is 16.5. The predicted octanol–water partition coefficient (Wildman–Crippen LogP) is 4.92. The Kier molecular flexibility index (Phi) is 5.31. The summed E-state index contributed by atoms with van der Waals surface area (Å²) in [6.45, 7) is 0. The molecule has 0 aliphatic carbocycles. The Labute approximate surface area is 182 Å². The Morgan fingerprint density at radius 2 is 1.65 bits per heavy atom. The van der Waals surface area contributed by atoms with Crippen LogP contribution in [-0.2, 0) is 22.4 Å². The second-order valence-electron chi connectivity index (χ2n) is 8.19. The van der Waals surface area contributed by atoms with Crippen molar-refractivity contribution >= 4 is 16.9 Å². The van der Waals surface area contributed by atoms with E-state index < -0.39 is 0 Å². The SMILES string of the molecule is COC(=O)[C@@H]1Cc2c([nH]c3ccccc23)[C@@H](C(Cc2ccccc2)c2ccccc2)N1. The number of hydrogen-bond acceptors (Lipinski definition) is 3. The highest BCUT2D eigenvalue weighted by Crippen LogP contribution is 2.41. The molecule has 0 saturated carbocycles. The van der Waals surface area contributed by atoms with Crippen LogP contribution in [0.15, 0.2) is 84.9 Å². The first-order valence-electron chi connectivity index (χ1n) is 10.8. The first-order chi connectivity index (χ1) is 15.2. The largest absolute Gasteiger partial charge is 0.468 e. The van der Waals surface area contributed by atoms with Gasteiger partial charge in [0.05, 0.1) is 13.2 Å². The van der Waals surface area contributed by atoms with Gasteiger partial charge in [-0.05, 0) is 29.2 Å². The summed E-state index contributed by atoms with van der Waals surface area (Å²) in [5.74, 6) is -0.0599. The molecule has 0 fully saturated rings. The number of methoxy groups -OCH3 is 1. The monoisotopic (exact) mass is 410 g/mol.